The Bertz CT molecular complexity index is 655. The lowest BCUT2D eigenvalue weighted by atomic mass is 10.2. The van der Waals surface area contributed by atoms with Gasteiger partial charge in [0.1, 0.15) is 10.8 Å². The fraction of sp³-hybridized carbons (Fsp3) is 0.400. The molecule has 22 heavy (non-hydrogen) atoms. The van der Waals surface area contributed by atoms with Gasteiger partial charge in [-0.05, 0) is 37.1 Å². The molecule has 1 aliphatic rings. The molecule has 1 aromatic carbocycles. The molecule has 0 atom stereocenters. The number of hydrogen-bond donors (Lipinski definition) is 0. The molecule has 1 heterocycles. The Kier molecular flexibility index (Phi) is 4.44. The van der Waals surface area contributed by atoms with E-state index in [1.54, 1.807) is 24.1 Å². The van der Waals surface area contributed by atoms with Crippen LogP contribution >= 0.6 is 11.3 Å². The number of nitrogens with zero attached hydrogens (tertiary/aromatic N) is 3. The largest absolute Gasteiger partial charge is 0.383 e. The predicted octanol–water partition coefficient (Wildman–Crippen LogP) is 2.73. The molecule has 0 aliphatic heterocycles. The molecule has 2 aromatic rings. The predicted molar refractivity (Wildman–Crippen MR) is 82.3 cm³/mol. The highest BCUT2D eigenvalue weighted by molar-refractivity contribution is 7.18. The zero-order chi connectivity index (χ0) is 15.5. The first kappa shape index (κ1) is 15.1. The molecule has 1 fully saturated rings. The van der Waals surface area contributed by atoms with Gasteiger partial charge in [0.25, 0.3) is 0 Å². The molecular weight excluding hydrogens is 305 g/mol. The summed E-state index contributed by atoms with van der Waals surface area (Å²) < 4.78 is 18.0. The Morgan fingerprint density at radius 2 is 2.09 bits per heavy atom. The molecular formula is C15H16FN3O2S. The van der Waals surface area contributed by atoms with E-state index in [0.29, 0.717) is 23.3 Å². The average molecular weight is 321 g/mol. The second kappa shape index (κ2) is 6.50. The van der Waals surface area contributed by atoms with Crippen molar-refractivity contribution in [2.24, 2.45) is 5.92 Å². The number of amides is 1. The van der Waals surface area contributed by atoms with E-state index in [1.165, 1.54) is 23.5 Å². The number of carbonyl (C=O) groups excluding carboxylic acids is 1. The lowest BCUT2D eigenvalue weighted by Crippen LogP contribution is -2.35. The summed E-state index contributed by atoms with van der Waals surface area (Å²) >= 11 is 1.33. The minimum atomic E-state index is -0.292. The van der Waals surface area contributed by atoms with E-state index < -0.39 is 0 Å². The van der Waals surface area contributed by atoms with Crippen molar-refractivity contribution in [2.45, 2.75) is 12.8 Å². The fourth-order valence-corrected chi connectivity index (χ4v) is 2.95. The van der Waals surface area contributed by atoms with E-state index in [9.17, 15) is 9.18 Å². The van der Waals surface area contributed by atoms with Crippen LogP contribution in [0.1, 0.15) is 12.8 Å². The maximum atomic E-state index is 13.0. The van der Waals surface area contributed by atoms with Gasteiger partial charge in [0, 0.05) is 18.6 Å². The molecule has 0 radical (unpaired) electrons. The van der Waals surface area contributed by atoms with Crippen LogP contribution in [0.3, 0.4) is 0 Å². The smallest absolute Gasteiger partial charge is 0.232 e. The zero-order valence-corrected chi connectivity index (χ0v) is 13.0. The molecule has 0 N–H and O–H groups in total. The van der Waals surface area contributed by atoms with Gasteiger partial charge in [0.2, 0.25) is 11.0 Å². The normalized spacial score (nSPS) is 14.1. The summed E-state index contributed by atoms with van der Waals surface area (Å²) in [6, 6.07) is 6.08. The van der Waals surface area contributed by atoms with Crippen LogP contribution in [0, 0.1) is 11.7 Å². The Hall–Kier alpha value is -1.86. The van der Waals surface area contributed by atoms with Crippen LogP contribution in [0.15, 0.2) is 24.3 Å². The van der Waals surface area contributed by atoms with Crippen molar-refractivity contribution in [3.63, 3.8) is 0 Å². The highest BCUT2D eigenvalue weighted by atomic mass is 32.1. The quantitative estimate of drug-likeness (QED) is 0.821. The molecule has 1 aliphatic carbocycles. The van der Waals surface area contributed by atoms with E-state index in [1.807, 2.05) is 0 Å². The van der Waals surface area contributed by atoms with E-state index >= 15 is 0 Å². The third-order valence-electron chi connectivity index (χ3n) is 3.45. The van der Waals surface area contributed by atoms with Crippen molar-refractivity contribution in [2.75, 3.05) is 25.2 Å². The monoisotopic (exact) mass is 321 g/mol. The van der Waals surface area contributed by atoms with Crippen LogP contribution < -0.4 is 4.90 Å². The standard InChI is InChI=1S/C15H16FN3O2S/c1-21-9-8-19(14(20)11-2-3-11)15-18-17-13(22-15)10-4-6-12(16)7-5-10/h4-7,11H,2-3,8-9H2,1H3. The first-order valence-electron chi connectivity index (χ1n) is 7.09. The van der Waals surface area contributed by atoms with Crippen molar-refractivity contribution < 1.29 is 13.9 Å². The van der Waals surface area contributed by atoms with E-state index in [0.717, 1.165) is 18.4 Å². The summed E-state index contributed by atoms with van der Waals surface area (Å²) in [7, 11) is 1.60. The third kappa shape index (κ3) is 3.31. The number of methoxy groups -OCH3 is 1. The molecule has 0 saturated heterocycles. The Balaban J connectivity index is 1.82. The van der Waals surface area contributed by atoms with Gasteiger partial charge in [-0.1, -0.05) is 11.3 Å². The maximum absolute atomic E-state index is 13.0. The summed E-state index contributed by atoms with van der Waals surface area (Å²) in [6.07, 6.45) is 1.87. The number of rotatable bonds is 6. The molecule has 7 heteroatoms. The van der Waals surface area contributed by atoms with Gasteiger partial charge in [0.05, 0.1) is 13.2 Å². The molecule has 0 spiro atoms. The Morgan fingerprint density at radius 1 is 1.36 bits per heavy atom. The lowest BCUT2D eigenvalue weighted by molar-refractivity contribution is -0.119. The maximum Gasteiger partial charge on any atom is 0.232 e. The van der Waals surface area contributed by atoms with E-state index in [2.05, 4.69) is 10.2 Å². The van der Waals surface area contributed by atoms with Gasteiger partial charge in [0.15, 0.2) is 0 Å². The molecule has 5 nitrogen and oxygen atoms in total. The van der Waals surface area contributed by atoms with Crippen LogP contribution in [0.4, 0.5) is 9.52 Å². The number of benzene rings is 1. The van der Waals surface area contributed by atoms with Crippen LogP contribution in [-0.2, 0) is 9.53 Å². The van der Waals surface area contributed by atoms with Gasteiger partial charge >= 0.3 is 0 Å². The molecule has 0 unspecified atom stereocenters. The SMILES string of the molecule is COCCN(C(=O)C1CC1)c1nnc(-c2ccc(F)cc2)s1. The molecule has 116 valence electrons. The second-order valence-corrected chi connectivity index (χ2v) is 6.11. The molecule has 3 rings (SSSR count). The van der Waals surface area contributed by atoms with Crippen LogP contribution in [-0.4, -0.2) is 36.4 Å². The van der Waals surface area contributed by atoms with Crippen LogP contribution in [0.2, 0.25) is 0 Å². The molecule has 1 amide bonds. The zero-order valence-electron chi connectivity index (χ0n) is 12.2. The summed E-state index contributed by atoms with van der Waals surface area (Å²) in [5.74, 6) is -0.104. The summed E-state index contributed by atoms with van der Waals surface area (Å²) in [5, 5.41) is 9.47. The number of anilines is 1. The van der Waals surface area contributed by atoms with Crippen molar-refractivity contribution in [3.05, 3.63) is 30.1 Å². The first-order valence-corrected chi connectivity index (χ1v) is 7.90. The third-order valence-corrected chi connectivity index (χ3v) is 4.44. The number of halogens is 1. The van der Waals surface area contributed by atoms with Crippen LogP contribution in [0.5, 0.6) is 0 Å². The molecule has 1 aromatic heterocycles. The highest BCUT2D eigenvalue weighted by Gasteiger charge is 2.35. The van der Waals surface area contributed by atoms with Gasteiger partial charge in [-0.25, -0.2) is 4.39 Å². The number of hydrogen-bond acceptors (Lipinski definition) is 5. The molecule has 1 saturated carbocycles. The Morgan fingerprint density at radius 3 is 2.73 bits per heavy atom. The van der Waals surface area contributed by atoms with Crippen molar-refractivity contribution in [3.8, 4) is 10.6 Å². The molecule has 0 bridgehead atoms. The number of ether oxygens (including phenoxy) is 1. The number of aromatic nitrogens is 2. The Labute approximate surface area is 131 Å². The van der Waals surface area contributed by atoms with Gasteiger partial charge in [-0.15, -0.1) is 10.2 Å². The van der Waals surface area contributed by atoms with E-state index in [-0.39, 0.29) is 17.6 Å². The van der Waals surface area contributed by atoms with E-state index in [4.69, 9.17) is 4.74 Å². The van der Waals surface area contributed by atoms with Crippen molar-refractivity contribution in [1.29, 1.82) is 0 Å². The second-order valence-electron chi connectivity index (χ2n) is 5.15. The highest BCUT2D eigenvalue weighted by Crippen LogP contribution is 2.35. The summed E-state index contributed by atoms with van der Waals surface area (Å²) in [6.45, 7) is 0.911. The van der Waals surface area contributed by atoms with Crippen LogP contribution in [0.25, 0.3) is 10.6 Å². The lowest BCUT2D eigenvalue weighted by Gasteiger charge is -2.18. The summed E-state index contributed by atoms with van der Waals surface area (Å²) in [4.78, 5) is 14.0. The van der Waals surface area contributed by atoms with Gasteiger partial charge in [-0.3, -0.25) is 9.69 Å². The fourth-order valence-electron chi connectivity index (χ4n) is 2.07. The van der Waals surface area contributed by atoms with Gasteiger partial charge < -0.3 is 4.74 Å². The van der Waals surface area contributed by atoms with Crippen molar-refractivity contribution in [1.82, 2.24) is 10.2 Å². The minimum Gasteiger partial charge on any atom is -0.383 e. The summed E-state index contributed by atoms with van der Waals surface area (Å²) in [5.41, 5.74) is 0.788. The van der Waals surface area contributed by atoms with Gasteiger partial charge in [-0.2, -0.15) is 0 Å². The minimum absolute atomic E-state index is 0.0823. The topological polar surface area (TPSA) is 55.3 Å². The average Bonchev–Trinajstić information content (AvgIpc) is 3.27. The van der Waals surface area contributed by atoms with Crippen molar-refractivity contribution >= 4 is 22.4 Å². The number of carbonyl (C=O) groups is 1. The first-order chi connectivity index (χ1) is 10.7.